The first-order valence-corrected chi connectivity index (χ1v) is 11.3. The molecule has 2 aromatic carbocycles. The maximum Gasteiger partial charge on any atom is 0.341 e. The van der Waals surface area contributed by atoms with E-state index < -0.39 is 22.6 Å². The molecule has 1 atom stereocenters. The van der Waals surface area contributed by atoms with Crippen LogP contribution in [0.25, 0.3) is 0 Å². The monoisotopic (exact) mass is 460 g/mol. The molecular formula is C22H21ClN2O5S. The quantitative estimate of drug-likeness (QED) is 0.478. The molecule has 0 spiro atoms. The molecule has 3 aromatic rings. The predicted molar refractivity (Wildman–Crippen MR) is 117 cm³/mol. The Morgan fingerprint density at radius 2 is 1.77 bits per heavy atom. The molecule has 162 valence electrons. The van der Waals surface area contributed by atoms with E-state index in [0.29, 0.717) is 17.2 Å². The number of carboxylic acid groups (broad SMARTS) is 1. The van der Waals surface area contributed by atoms with Crippen molar-refractivity contribution in [2.75, 3.05) is 13.2 Å². The number of rotatable bonds is 10. The van der Waals surface area contributed by atoms with Crippen molar-refractivity contribution in [1.82, 2.24) is 9.71 Å². The number of pyridine rings is 1. The molecule has 7 nitrogen and oxygen atoms in total. The molecule has 0 aliphatic rings. The van der Waals surface area contributed by atoms with Crippen LogP contribution in [-0.4, -0.2) is 37.6 Å². The molecule has 0 radical (unpaired) electrons. The van der Waals surface area contributed by atoms with Gasteiger partial charge in [-0.2, -0.15) is 0 Å². The van der Waals surface area contributed by atoms with Gasteiger partial charge in [0.2, 0.25) is 10.0 Å². The van der Waals surface area contributed by atoms with E-state index in [4.69, 9.17) is 21.4 Å². The first-order chi connectivity index (χ1) is 14.8. The van der Waals surface area contributed by atoms with E-state index in [9.17, 15) is 13.2 Å². The number of aliphatic carboxylic acids is 1. The van der Waals surface area contributed by atoms with Crippen LogP contribution in [0.1, 0.15) is 23.5 Å². The average molecular weight is 461 g/mol. The third-order valence-electron chi connectivity index (χ3n) is 4.58. The largest absolute Gasteiger partial charge is 0.482 e. The van der Waals surface area contributed by atoms with Crippen molar-refractivity contribution in [3.8, 4) is 5.75 Å². The second-order valence-corrected chi connectivity index (χ2v) is 8.93. The van der Waals surface area contributed by atoms with Crippen molar-refractivity contribution in [2.45, 2.75) is 17.2 Å². The molecule has 31 heavy (non-hydrogen) atoms. The second-order valence-electron chi connectivity index (χ2n) is 6.73. The van der Waals surface area contributed by atoms with Gasteiger partial charge in [-0.3, -0.25) is 4.98 Å². The first-order valence-electron chi connectivity index (χ1n) is 9.45. The lowest BCUT2D eigenvalue weighted by molar-refractivity contribution is -0.139. The number of carbonyl (C=O) groups is 1. The molecule has 0 saturated carbocycles. The molecule has 3 rings (SSSR count). The number of sulfonamides is 1. The SMILES string of the molecule is O=C(O)COc1ccc(C(CCNS(=O)(=O)c2ccc(Cl)cc2)c2cccnc2)cc1. The lowest BCUT2D eigenvalue weighted by atomic mass is 9.89. The minimum Gasteiger partial charge on any atom is -0.482 e. The summed E-state index contributed by atoms with van der Waals surface area (Å²) in [5, 5.41) is 9.19. The fourth-order valence-corrected chi connectivity index (χ4v) is 4.26. The van der Waals surface area contributed by atoms with Gasteiger partial charge in [0.15, 0.2) is 6.61 Å². The summed E-state index contributed by atoms with van der Waals surface area (Å²) in [7, 11) is -3.66. The molecule has 1 unspecified atom stereocenters. The molecule has 0 saturated heterocycles. The van der Waals surface area contributed by atoms with Gasteiger partial charge < -0.3 is 9.84 Å². The summed E-state index contributed by atoms with van der Waals surface area (Å²) >= 11 is 5.83. The summed E-state index contributed by atoms with van der Waals surface area (Å²) in [4.78, 5) is 15.0. The topological polar surface area (TPSA) is 106 Å². The summed E-state index contributed by atoms with van der Waals surface area (Å²) in [5.74, 6) is -0.722. The van der Waals surface area contributed by atoms with Crippen LogP contribution in [0.3, 0.4) is 0 Å². The standard InChI is InChI=1S/C22H21ClN2O5S/c23-18-5-9-20(10-6-18)31(28,29)25-13-11-21(17-2-1-12-24-14-17)16-3-7-19(8-4-16)30-15-22(26)27/h1-10,12,14,21,25H,11,13,15H2,(H,26,27). The fourth-order valence-electron chi connectivity index (χ4n) is 3.08. The third-order valence-corrected chi connectivity index (χ3v) is 6.31. The maximum atomic E-state index is 12.5. The van der Waals surface area contributed by atoms with Gasteiger partial charge >= 0.3 is 5.97 Å². The Balaban J connectivity index is 1.73. The summed E-state index contributed by atoms with van der Waals surface area (Å²) in [6.07, 6.45) is 3.91. The van der Waals surface area contributed by atoms with Crippen LogP contribution in [0.15, 0.2) is 78.0 Å². The number of hydrogen-bond acceptors (Lipinski definition) is 5. The van der Waals surface area contributed by atoms with Crippen molar-refractivity contribution in [2.24, 2.45) is 0 Å². The number of aromatic nitrogens is 1. The number of carboxylic acids is 1. The molecule has 1 heterocycles. The van der Waals surface area contributed by atoms with Crippen molar-refractivity contribution >= 4 is 27.6 Å². The Labute approximate surface area is 185 Å². The smallest absolute Gasteiger partial charge is 0.341 e. The van der Waals surface area contributed by atoms with E-state index in [1.54, 1.807) is 24.5 Å². The molecule has 0 aliphatic heterocycles. The third kappa shape index (κ3) is 6.52. The molecular weight excluding hydrogens is 440 g/mol. The van der Waals surface area contributed by atoms with Gasteiger partial charge in [0.1, 0.15) is 5.75 Å². The van der Waals surface area contributed by atoms with E-state index in [1.165, 1.54) is 24.3 Å². The Bertz CT molecular complexity index is 1100. The molecule has 0 bridgehead atoms. The highest BCUT2D eigenvalue weighted by Gasteiger charge is 2.18. The summed E-state index contributed by atoms with van der Waals surface area (Å²) in [6.45, 7) is -0.209. The van der Waals surface area contributed by atoms with Gasteiger partial charge in [-0.15, -0.1) is 0 Å². The van der Waals surface area contributed by atoms with Gasteiger partial charge in [-0.05, 0) is 60.0 Å². The van der Waals surface area contributed by atoms with E-state index in [1.807, 2.05) is 24.3 Å². The Morgan fingerprint density at radius 3 is 2.39 bits per heavy atom. The highest BCUT2D eigenvalue weighted by atomic mass is 35.5. The van der Waals surface area contributed by atoms with E-state index in [0.717, 1.165) is 11.1 Å². The van der Waals surface area contributed by atoms with Gasteiger partial charge in [0.05, 0.1) is 4.90 Å². The number of ether oxygens (including phenoxy) is 1. The molecule has 0 amide bonds. The molecule has 2 N–H and O–H groups in total. The van der Waals surface area contributed by atoms with E-state index in [2.05, 4.69) is 9.71 Å². The van der Waals surface area contributed by atoms with Crippen LogP contribution in [-0.2, 0) is 14.8 Å². The second kappa shape index (κ2) is 10.4. The van der Waals surface area contributed by atoms with Crippen LogP contribution in [0.5, 0.6) is 5.75 Å². The zero-order valence-corrected chi connectivity index (χ0v) is 18.0. The summed E-state index contributed by atoms with van der Waals surface area (Å²) in [5.41, 5.74) is 1.87. The maximum absolute atomic E-state index is 12.5. The number of hydrogen-bond donors (Lipinski definition) is 2. The normalized spacial score (nSPS) is 12.3. The zero-order chi connectivity index (χ0) is 22.3. The van der Waals surface area contributed by atoms with Crippen LogP contribution < -0.4 is 9.46 Å². The van der Waals surface area contributed by atoms with Crippen molar-refractivity contribution in [3.05, 3.63) is 89.2 Å². The number of nitrogens with one attached hydrogen (secondary N) is 1. The van der Waals surface area contributed by atoms with Crippen LogP contribution in [0.4, 0.5) is 0 Å². The van der Waals surface area contributed by atoms with E-state index in [-0.39, 0.29) is 17.4 Å². The first kappa shape index (κ1) is 22.7. The average Bonchev–Trinajstić information content (AvgIpc) is 2.77. The van der Waals surface area contributed by atoms with Gasteiger partial charge in [-0.25, -0.2) is 17.9 Å². The zero-order valence-electron chi connectivity index (χ0n) is 16.4. The minimum absolute atomic E-state index is 0.116. The molecule has 0 aliphatic carbocycles. The highest BCUT2D eigenvalue weighted by Crippen LogP contribution is 2.29. The van der Waals surface area contributed by atoms with Crippen molar-refractivity contribution < 1.29 is 23.1 Å². The van der Waals surface area contributed by atoms with E-state index >= 15 is 0 Å². The molecule has 9 heteroatoms. The van der Waals surface area contributed by atoms with Crippen LogP contribution in [0, 0.1) is 0 Å². The van der Waals surface area contributed by atoms with Crippen LogP contribution in [0.2, 0.25) is 5.02 Å². The van der Waals surface area contributed by atoms with Crippen molar-refractivity contribution in [3.63, 3.8) is 0 Å². The molecule has 1 aromatic heterocycles. The lowest BCUT2D eigenvalue weighted by Gasteiger charge is -2.18. The Morgan fingerprint density at radius 1 is 1.06 bits per heavy atom. The van der Waals surface area contributed by atoms with Gasteiger partial charge in [0, 0.05) is 29.9 Å². The number of nitrogens with zero attached hydrogens (tertiary/aromatic N) is 1. The highest BCUT2D eigenvalue weighted by molar-refractivity contribution is 7.89. The minimum atomic E-state index is -3.66. The Hall–Kier alpha value is -2.94. The molecule has 0 fully saturated rings. The van der Waals surface area contributed by atoms with Gasteiger partial charge in [0.25, 0.3) is 0 Å². The van der Waals surface area contributed by atoms with Crippen LogP contribution >= 0.6 is 11.6 Å². The predicted octanol–water partition coefficient (Wildman–Crippen LogP) is 3.70. The Kier molecular flexibility index (Phi) is 7.62. The number of benzene rings is 2. The lowest BCUT2D eigenvalue weighted by Crippen LogP contribution is -2.26. The summed E-state index contributed by atoms with van der Waals surface area (Å²) < 4.78 is 32.9. The van der Waals surface area contributed by atoms with Crippen molar-refractivity contribution in [1.29, 1.82) is 0 Å². The number of halogens is 1. The van der Waals surface area contributed by atoms with Gasteiger partial charge in [-0.1, -0.05) is 29.8 Å². The fraction of sp³-hybridized carbons (Fsp3) is 0.182. The summed E-state index contributed by atoms with van der Waals surface area (Å²) in [6, 6.07) is 16.8.